The topological polar surface area (TPSA) is 88.5 Å². The zero-order chi connectivity index (χ0) is 26.2. The van der Waals surface area contributed by atoms with Gasteiger partial charge in [-0.2, -0.15) is 0 Å². The van der Waals surface area contributed by atoms with Crippen LogP contribution in [0.15, 0.2) is 52.7 Å². The fraction of sp³-hybridized carbons (Fsp3) is 0.462. The first-order valence-electron chi connectivity index (χ1n) is 11.4. The number of benzene rings is 1. The molecule has 0 aromatic heterocycles. The van der Waals surface area contributed by atoms with Crippen molar-refractivity contribution in [3.05, 3.63) is 53.5 Å². The summed E-state index contributed by atoms with van der Waals surface area (Å²) in [5, 5.41) is 0. The molecule has 0 saturated carbocycles. The lowest BCUT2D eigenvalue weighted by Gasteiger charge is -2.35. The summed E-state index contributed by atoms with van der Waals surface area (Å²) in [6.45, 7) is 11.4. The van der Waals surface area contributed by atoms with Crippen molar-refractivity contribution in [1.29, 1.82) is 0 Å². The van der Waals surface area contributed by atoms with E-state index in [9.17, 15) is 18.8 Å². The number of halogens is 1. The van der Waals surface area contributed by atoms with Crippen molar-refractivity contribution in [3.8, 4) is 0 Å². The smallest absolute Gasteiger partial charge is 0.410 e. The number of ether oxygens (including phenoxy) is 2. The third-order valence-corrected chi connectivity index (χ3v) is 5.44. The molecule has 2 amide bonds. The Balaban J connectivity index is 2.22. The minimum absolute atomic E-state index is 0.0308. The van der Waals surface area contributed by atoms with Crippen molar-refractivity contribution in [1.82, 2.24) is 4.90 Å². The van der Waals surface area contributed by atoms with Gasteiger partial charge in [-0.15, -0.1) is 0 Å². The van der Waals surface area contributed by atoms with Gasteiger partial charge in [0.25, 0.3) is 0 Å². The van der Waals surface area contributed by atoms with E-state index in [4.69, 9.17) is 4.74 Å². The highest BCUT2D eigenvalue weighted by Crippen LogP contribution is 2.26. The molecule has 1 saturated heterocycles. The van der Waals surface area contributed by atoms with E-state index in [2.05, 4.69) is 16.4 Å². The highest BCUT2D eigenvalue weighted by Gasteiger charge is 2.33. The number of methoxy groups -OCH3 is 1. The summed E-state index contributed by atoms with van der Waals surface area (Å²) in [6.07, 6.45) is 3.60. The summed E-state index contributed by atoms with van der Waals surface area (Å²) < 4.78 is 24.1. The summed E-state index contributed by atoms with van der Waals surface area (Å²) in [4.78, 5) is 44.6. The quantitative estimate of drug-likeness (QED) is 0.244. The number of likely N-dealkylation sites (tertiary alicyclic amines) is 1. The zero-order valence-electron chi connectivity index (χ0n) is 21.0. The molecule has 0 spiro atoms. The normalized spacial score (nSPS) is 15.4. The molecule has 1 aromatic rings. The van der Waals surface area contributed by atoms with Crippen LogP contribution in [-0.4, -0.2) is 61.9 Å². The van der Waals surface area contributed by atoms with E-state index in [-0.39, 0.29) is 18.4 Å². The van der Waals surface area contributed by atoms with Gasteiger partial charge in [-0.1, -0.05) is 12.1 Å². The summed E-state index contributed by atoms with van der Waals surface area (Å²) in [6, 6.07) is 5.76. The van der Waals surface area contributed by atoms with Gasteiger partial charge in [0.15, 0.2) is 0 Å². The molecule has 35 heavy (non-hydrogen) atoms. The van der Waals surface area contributed by atoms with Crippen LogP contribution in [0.5, 0.6) is 0 Å². The molecule has 0 bridgehead atoms. The zero-order valence-corrected chi connectivity index (χ0v) is 21.0. The lowest BCUT2D eigenvalue weighted by atomic mass is 9.95. The minimum Gasteiger partial charge on any atom is -0.466 e. The maximum atomic E-state index is 14.0. The Morgan fingerprint density at radius 2 is 1.89 bits per heavy atom. The molecule has 1 heterocycles. The van der Waals surface area contributed by atoms with Crippen LogP contribution in [0.2, 0.25) is 0 Å². The molecule has 1 aliphatic rings. The number of carbonyl (C=O) groups excluding carboxylic acids is 3. The molecule has 1 fully saturated rings. The van der Waals surface area contributed by atoms with Gasteiger partial charge in [0.05, 0.1) is 19.4 Å². The largest absolute Gasteiger partial charge is 0.466 e. The standard InChI is InChI=1S/C26H34FN3O5/c1-18(24(32)34-6)10-11-21(28-5)17-30(22-9-7-8-20(27)16-22)23(31)19-12-14-29(15-13-19)25(33)35-26(2,3)4/h7-11,16,19H,5,12-15,17H2,1-4,6H3/b18-10+,21-11-. The van der Waals surface area contributed by atoms with Gasteiger partial charge in [0, 0.05) is 30.3 Å². The van der Waals surface area contributed by atoms with Crippen molar-refractivity contribution in [2.45, 2.75) is 46.1 Å². The number of anilines is 1. The third kappa shape index (κ3) is 8.35. The second-order valence-electron chi connectivity index (χ2n) is 9.30. The fourth-order valence-electron chi connectivity index (χ4n) is 3.56. The molecule has 0 aliphatic carbocycles. The summed E-state index contributed by atoms with van der Waals surface area (Å²) in [7, 11) is 1.29. The number of allylic oxidation sites excluding steroid dienone is 2. The Labute approximate surface area is 206 Å². The summed E-state index contributed by atoms with van der Waals surface area (Å²) in [5.41, 5.74) is 0.551. The summed E-state index contributed by atoms with van der Waals surface area (Å²) in [5.74, 6) is -1.53. The van der Waals surface area contributed by atoms with Crippen molar-refractivity contribution in [2.24, 2.45) is 10.9 Å². The summed E-state index contributed by atoms with van der Waals surface area (Å²) >= 11 is 0. The van der Waals surface area contributed by atoms with Crippen molar-refractivity contribution in [3.63, 3.8) is 0 Å². The van der Waals surface area contributed by atoms with Crippen molar-refractivity contribution < 1.29 is 28.2 Å². The van der Waals surface area contributed by atoms with Gasteiger partial charge in [0.1, 0.15) is 11.4 Å². The molecule has 2 rings (SSSR count). The van der Waals surface area contributed by atoms with Crippen LogP contribution in [0.3, 0.4) is 0 Å². The second-order valence-corrected chi connectivity index (χ2v) is 9.30. The number of hydrogen-bond donors (Lipinski definition) is 0. The number of carbonyl (C=O) groups is 3. The van der Waals surface area contributed by atoms with E-state index in [1.807, 2.05) is 0 Å². The van der Waals surface area contributed by atoms with Gasteiger partial charge in [0.2, 0.25) is 5.91 Å². The SMILES string of the molecule is C=N/C(=C\C=C(/C)C(=O)OC)CN(C(=O)C1CCN(C(=O)OC(C)(C)C)CC1)c1cccc(F)c1. The minimum atomic E-state index is -0.598. The van der Waals surface area contributed by atoms with E-state index in [1.165, 1.54) is 36.3 Å². The number of piperidine rings is 1. The van der Waals surface area contributed by atoms with E-state index < -0.39 is 23.5 Å². The van der Waals surface area contributed by atoms with Crippen LogP contribution < -0.4 is 4.90 Å². The Hall–Kier alpha value is -3.49. The number of rotatable bonds is 7. The van der Waals surface area contributed by atoms with Crippen LogP contribution in [0, 0.1) is 11.7 Å². The van der Waals surface area contributed by atoms with Gasteiger partial charge >= 0.3 is 12.1 Å². The lowest BCUT2D eigenvalue weighted by Crippen LogP contribution is -2.46. The van der Waals surface area contributed by atoms with Crippen LogP contribution in [0.25, 0.3) is 0 Å². The molecule has 9 heteroatoms. The number of aliphatic imine (C=N–C) groups is 1. The van der Waals surface area contributed by atoms with Gasteiger partial charge in [-0.25, -0.2) is 14.0 Å². The number of nitrogens with zero attached hydrogens (tertiary/aromatic N) is 3. The average Bonchev–Trinajstić information content (AvgIpc) is 2.82. The fourth-order valence-corrected chi connectivity index (χ4v) is 3.56. The Morgan fingerprint density at radius 3 is 2.43 bits per heavy atom. The van der Waals surface area contributed by atoms with Crippen molar-refractivity contribution >= 4 is 30.4 Å². The molecule has 0 N–H and O–H groups in total. The molecular weight excluding hydrogens is 453 g/mol. The van der Waals surface area contributed by atoms with E-state index in [0.717, 1.165) is 0 Å². The van der Waals surface area contributed by atoms with Crippen molar-refractivity contribution in [2.75, 3.05) is 31.6 Å². The maximum Gasteiger partial charge on any atom is 0.410 e. The lowest BCUT2D eigenvalue weighted by molar-refractivity contribution is -0.136. The predicted octanol–water partition coefficient (Wildman–Crippen LogP) is 4.51. The average molecular weight is 488 g/mol. The Morgan fingerprint density at radius 1 is 1.23 bits per heavy atom. The van der Waals surface area contributed by atoms with Crippen LogP contribution >= 0.6 is 0 Å². The predicted molar refractivity (Wildman–Crippen MR) is 133 cm³/mol. The van der Waals surface area contributed by atoms with E-state index in [1.54, 1.807) is 44.7 Å². The molecule has 190 valence electrons. The van der Waals surface area contributed by atoms with Gasteiger partial charge in [-0.05, 0) is 71.5 Å². The highest BCUT2D eigenvalue weighted by molar-refractivity contribution is 5.95. The number of amides is 2. The molecular formula is C26H34FN3O5. The van der Waals surface area contributed by atoms with Gasteiger partial charge < -0.3 is 19.3 Å². The Bertz CT molecular complexity index is 1000. The van der Waals surface area contributed by atoms with Crippen LogP contribution in [0.1, 0.15) is 40.5 Å². The molecule has 1 aliphatic heterocycles. The number of esters is 1. The van der Waals surface area contributed by atoms with E-state index in [0.29, 0.717) is 42.9 Å². The van der Waals surface area contributed by atoms with Crippen LogP contribution in [-0.2, 0) is 19.1 Å². The number of hydrogen-bond acceptors (Lipinski definition) is 6. The third-order valence-electron chi connectivity index (χ3n) is 5.44. The van der Waals surface area contributed by atoms with Gasteiger partial charge in [-0.3, -0.25) is 9.79 Å². The monoisotopic (exact) mass is 487 g/mol. The molecule has 8 nitrogen and oxygen atoms in total. The maximum absolute atomic E-state index is 14.0. The highest BCUT2D eigenvalue weighted by atomic mass is 19.1. The first-order chi connectivity index (χ1) is 16.4. The first kappa shape index (κ1) is 27.8. The Kier molecular flexibility index (Phi) is 9.74. The van der Waals surface area contributed by atoms with Crippen LogP contribution in [0.4, 0.5) is 14.9 Å². The molecule has 0 atom stereocenters. The molecule has 0 radical (unpaired) electrons. The molecule has 1 aromatic carbocycles. The first-order valence-corrected chi connectivity index (χ1v) is 11.4. The second kappa shape index (κ2) is 12.3. The van der Waals surface area contributed by atoms with E-state index >= 15 is 0 Å². The molecule has 0 unspecified atom stereocenters.